The molecule has 1 aliphatic rings. The van der Waals surface area contributed by atoms with E-state index in [0.29, 0.717) is 18.8 Å². The van der Waals surface area contributed by atoms with Crippen molar-refractivity contribution in [2.24, 2.45) is 10.8 Å². The van der Waals surface area contributed by atoms with Gasteiger partial charge in [-0.1, -0.05) is 36.4 Å². The van der Waals surface area contributed by atoms with Crippen molar-refractivity contribution >= 4 is 34.2 Å². The molecule has 5 rings (SSSR count). The van der Waals surface area contributed by atoms with E-state index in [2.05, 4.69) is 20.0 Å². The molecule has 3 N–H and O–H groups in total. The van der Waals surface area contributed by atoms with E-state index in [0.717, 1.165) is 22.2 Å². The third-order valence-electron chi connectivity index (χ3n) is 5.95. The van der Waals surface area contributed by atoms with Crippen LogP contribution in [-0.2, 0) is 22.7 Å². The number of aromatic nitrogens is 2. The topological polar surface area (TPSA) is 106 Å². The van der Waals surface area contributed by atoms with Gasteiger partial charge in [-0.2, -0.15) is 5.10 Å². The molecular weight excluding hydrogens is 447 g/mol. The highest BCUT2D eigenvalue weighted by Crippen LogP contribution is 2.25. The summed E-state index contributed by atoms with van der Waals surface area (Å²) in [6, 6.07) is 20.6. The largest absolute Gasteiger partial charge is 0.368 e. The molecule has 1 atom stereocenters. The second kappa shape index (κ2) is 9.38. The highest BCUT2D eigenvalue weighted by atomic mass is 19.1. The Hall–Kier alpha value is -4.53. The fraction of sp³-hybridized carbons (Fsp3) is 0.154. The number of imidazole rings is 1. The molecule has 8 nitrogen and oxygen atoms in total. The van der Waals surface area contributed by atoms with Crippen LogP contribution in [0.5, 0.6) is 0 Å². The van der Waals surface area contributed by atoms with Crippen LogP contribution in [0.3, 0.4) is 0 Å². The normalized spacial score (nSPS) is 15.3. The molecule has 0 aliphatic carbocycles. The lowest BCUT2D eigenvalue weighted by Gasteiger charge is -2.20. The van der Waals surface area contributed by atoms with E-state index >= 15 is 0 Å². The molecule has 0 saturated carbocycles. The average Bonchev–Trinajstić information content (AvgIpc) is 3.49. The van der Waals surface area contributed by atoms with Crippen LogP contribution in [0, 0.1) is 5.82 Å². The van der Waals surface area contributed by atoms with Crippen LogP contribution >= 0.6 is 0 Å². The van der Waals surface area contributed by atoms with Crippen molar-refractivity contribution in [3.8, 4) is 0 Å². The summed E-state index contributed by atoms with van der Waals surface area (Å²) in [5.41, 5.74) is 10.3. The van der Waals surface area contributed by atoms with Gasteiger partial charge >= 0.3 is 0 Å². The van der Waals surface area contributed by atoms with E-state index < -0.39 is 17.8 Å². The number of nitrogens with two attached hydrogens (primary N) is 1. The van der Waals surface area contributed by atoms with Crippen LogP contribution in [0.25, 0.3) is 11.0 Å². The Labute approximate surface area is 200 Å². The number of hydrogen-bond acceptors (Lipinski definition) is 5. The number of benzene rings is 3. The predicted molar refractivity (Wildman–Crippen MR) is 131 cm³/mol. The molecular formula is C26H23FN6O2. The lowest BCUT2D eigenvalue weighted by atomic mass is 10.1. The molecule has 1 aliphatic heterocycles. The first-order valence-corrected chi connectivity index (χ1v) is 11.2. The van der Waals surface area contributed by atoms with Crippen molar-refractivity contribution in [3.05, 3.63) is 96.1 Å². The number of anilines is 1. The summed E-state index contributed by atoms with van der Waals surface area (Å²) in [7, 11) is 0. The fourth-order valence-electron chi connectivity index (χ4n) is 4.08. The van der Waals surface area contributed by atoms with E-state index in [1.54, 1.807) is 0 Å². The Morgan fingerprint density at radius 3 is 2.46 bits per heavy atom. The van der Waals surface area contributed by atoms with Crippen molar-refractivity contribution in [1.29, 1.82) is 0 Å². The lowest BCUT2D eigenvalue weighted by Crippen LogP contribution is -2.39. The predicted octanol–water partition coefficient (Wildman–Crippen LogP) is 2.96. The maximum Gasteiger partial charge on any atom is 0.267 e. The summed E-state index contributed by atoms with van der Waals surface area (Å²) < 4.78 is 15.4. The summed E-state index contributed by atoms with van der Waals surface area (Å²) in [5.74, 6) is -1.40. The summed E-state index contributed by atoms with van der Waals surface area (Å²) in [5, 5.41) is 8.50. The number of fused-ring (bicyclic) bond motifs is 1. The maximum atomic E-state index is 13.3. The van der Waals surface area contributed by atoms with Gasteiger partial charge in [-0.05, 0) is 47.5 Å². The standard InChI is InChI=1S/C26H23FN6O2/c27-19-9-11-20(12-10-19)33-24(25(28)34)13-22(31-33)26(35)29-14-17-5-7-18(8-6-17)15-32-16-30-21-3-1-2-4-23(21)32/h1-12,16,24H,13-15H2,(H2,28,34)(H,29,35). The molecule has 2 amide bonds. The van der Waals surface area contributed by atoms with Crippen LogP contribution in [0.2, 0.25) is 0 Å². The lowest BCUT2D eigenvalue weighted by molar-refractivity contribution is -0.119. The number of nitrogens with zero attached hydrogens (tertiary/aromatic N) is 4. The number of carbonyl (C=O) groups excluding carboxylic acids is 2. The summed E-state index contributed by atoms with van der Waals surface area (Å²) in [4.78, 5) is 29.1. The quantitative estimate of drug-likeness (QED) is 0.433. The van der Waals surface area contributed by atoms with Crippen molar-refractivity contribution in [2.75, 3.05) is 5.01 Å². The number of carbonyl (C=O) groups is 2. The highest BCUT2D eigenvalue weighted by Gasteiger charge is 2.34. The second-order valence-electron chi connectivity index (χ2n) is 8.35. The summed E-state index contributed by atoms with van der Waals surface area (Å²) >= 11 is 0. The van der Waals surface area contributed by atoms with Gasteiger partial charge in [-0.3, -0.25) is 14.6 Å². The SMILES string of the molecule is NC(=O)C1CC(C(=O)NCc2ccc(Cn3cnc4ccccc43)cc2)=NN1c1ccc(F)cc1. The van der Waals surface area contributed by atoms with Crippen LogP contribution in [0.4, 0.5) is 10.1 Å². The Bertz CT molecular complexity index is 1410. The molecule has 0 fully saturated rings. The number of amides is 2. The third-order valence-corrected chi connectivity index (χ3v) is 5.95. The summed E-state index contributed by atoms with van der Waals surface area (Å²) in [6.45, 7) is 1.00. The molecule has 0 bridgehead atoms. The number of hydrazone groups is 1. The van der Waals surface area contributed by atoms with E-state index in [9.17, 15) is 14.0 Å². The van der Waals surface area contributed by atoms with Gasteiger partial charge in [-0.15, -0.1) is 0 Å². The Morgan fingerprint density at radius 1 is 1.00 bits per heavy atom. The van der Waals surface area contributed by atoms with Crippen LogP contribution in [-0.4, -0.2) is 33.1 Å². The van der Waals surface area contributed by atoms with Crippen LogP contribution in [0.15, 0.2) is 84.2 Å². The Morgan fingerprint density at radius 2 is 1.71 bits per heavy atom. The maximum absolute atomic E-state index is 13.3. The summed E-state index contributed by atoms with van der Waals surface area (Å²) in [6.07, 6.45) is 1.91. The van der Waals surface area contributed by atoms with Crippen molar-refractivity contribution < 1.29 is 14.0 Å². The monoisotopic (exact) mass is 470 g/mol. The van der Waals surface area contributed by atoms with Gasteiger partial charge < -0.3 is 15.6 Å². The van der Waals surface area contributed by atoms with Gasteiger partial charge in [0.1, 0.15) is 17.6 Å². The molecule has 1 aromatic heterocycles. The number of primary amides is 1. The van der Waals surface area contributed by atoms with Gasteiger partial charge in [0, 0.05) is 19.5 Å². The van der Waals surface area contributed by atoms with Crippen molar-refractivity contribution in [1.82, 2.24) is 14.9 Å². The van der Waals surface area contributed by atoms with E-state index in [1.807, 2.05) is 54.9 Å². The fourth-order valence-corrected chi connectivity index (χ4v) is 4.08. The number of rotatable bonds is 7. The van der Waals surface area contributed by atoms with E-state index in [-0.39, 0.29) is 18.0 Å². The smallest absolute Gasteiger partial charge is 0.267 e. The molecule has 4 aromatic rings. The van der Waals surface area contributed by atoms with Crippen LogP contribution < -0.4 is 16.1 Å². The average molecular weight is 471 g/mol. The Balaban J connectivity index is 1.22. The van der Waals surface area contributed by atoms with Crippen LogP contribution in [0.1, 0.15) is 17.5 Å². The van der Waals surface area contributed by atoms with Gasteiger partial charge in [0.05, 0.1) is 23.0 Å². The molecule has 35 heavy (non-hydrogen) atoms. The third kappa shape index (κ3) is 4.74. The molecule has 2 heterocycles. The number of halogens is 1. The molecule has 1 unspecified atom stereocenters. The zero-order valence-corrected chi connectivity index (χ0v) is 18.8. The van der Waals surface area contributed by atoms with Gasteiger partial charge in [0.25, 0.3) is 5.91 Å². The highest BCUT2D eigenvalue weighted by molar-refractivity contribution is 6.40. The van der Waals surface area contributed by atoms with Gasteiger partial charge in [-0.25, -0.2) is 9.37 Å². The zero-order chi connectivity index (χ0) is 24.4. The Kier molecular flexibility index (Phi) is 5.97. The minimum Gasteiger partial charge on any atom is -0.368 e. The zero-order valence-electron chi connectivity index (χ0n) is 18.8. The first-order chi connectivity index (χ1) is 17.0. The second-order valence-corrected chi connectivity index (χ2v) is 8.35. The molecule has 0 radical (unpaired) electrons. The minimum atomic E-state index is -0.806. The molecule has 9 heteroatoms. The van der Waals surface area contributed by atoms with E-state index in [4.69, 9.17) is 5.73 Å². The van der Waals surface area contributed by atoms with Gasteiger partial charge in [0.2, 0.25) is 5.91 Å². The molecule has 176 valence electrons. The number of nitrogens with one attached hydrogen (secondary N) is 1. The first kappa shape index (κ1) is 22.3. The van der Waals surface area contributed by atoms with Crippen molar-refractivity contribution in [3.63, 3.8) is 0 Å². The minimum absolute atomic E-state index is 0.0797. The number of hydrogen-bond donors (Lipinski definition) is 2. The van der Waals surface area contributed by atoms with Crippen molar-refractivity contribution in [2.45, 2.75) is 25.6 Å². The van der Waals surface area contributed by atoms with E-state index in [1.165, 1.54) is 29.3 Å². The molecule has 0 saturated heterocycles. The molecule has 3 aromatic carbocycles. The number of para-hydroxylation sites is 2. The molecule has 0 spiro atoms. The first-order valence-electron chi connectivity index (χ1n) is 11.2. The van der Waals surface area contributed by atoms with Gasteiger partial charge in [0.15, 0.2) is 0 Å².